The van der Waals surface area contributed by atoms with E-state index in [0.717, 1.165) is 36.3 Å². The lowest BCUT2D eigenvalue weighted by molar-refractivity contribution is 0.0676. The van der Waals surface area contributed by atoms with E-state index >= 15 is 0 Å². The maximum Gasteiger partial charge on any atom is 0.317 e. The molecule has 2 atom stereocenters. The summed E-state index contributed by atoms with van der Waals surface area (Å²) >= 11 is 0. The summed E-state index contributed by atoms with van der Waals surface area (Å²) in [5, 5.41) is 17.0. The van der Waals surface area contributed by atoms with E-state index in [4.69, 9.17) is 4.52 Å². The summed E-state index contributed by atoms with van der Waals surface area (Å²) in [6.45, 7) is 11.4. The minimum Gasteiger partial charge on any atom is -0.394 e. The molecule has 1 fully saturated rings. The molecule has 0 saturated carbocycles. The van der Waals surface area contributed by atoms with Crippen molar-refractivity contribution in [2.45, 2.75) is 65.3 Å². The predicted octanol–water partition coefficient (Wildman–Crippen LogP) is 2.98. The quantitative estimate of drug-likeness (QED) is 0.836. The Labute approximate surface area is 144 Å². The number of rotatable bonds is 6. The second-order valence-electron chi connectivity index (χ2n) is 7.56. The third-order valence-corrected chi connectivity index (χ3v) is 5.06. The average molecular weight is 337 g/mol. The van der Waals surface area contributed by atoms with Crippen molar-refractivity contribution in [3.8, 4) is 0 Å². The first kappa shape index (κ1) is 18.8. The Bertz CT molecular complexity index is 550. The normalized spacial score (nSPS) is 22.2. The summed E-state index contributed by atoms with van der Waals surface area (Å²) < 4.78 is 5.21. The number of aliphatic hydroxyl groups excluding tert-OH is 1. The van der Waals surface area contributed by atoms with Gasteiger partial charge in [-0.15, -0.1) is 0 Å². The van der Waals surface area contributed by atoms with Crippen molar-refractivity contribution in [1.82, 2.24) is 15.4 Å². The number of nitrogens with zero attached hydrogens (tertiary/aromatic N) is 2. The maximum atomic E-state index is 12.7. The fourth-order valence-corrected chi connectivity index (χ4v) is 4.09. The SMILES string of the molecule is Cc1noc(C)c1[C@H](C)CNC(=O)N1CCC[C@]1(CO)CC(C)C. The van der Waals surface area contributed by atoms with E-state index in [1.54, 1.807) is 0 Å². The van der Waals surface area contributed by atoms with E-state index < -0.39 is 5.54 Å². The van der Waals surface area contributed by atoms with Crippen molar-refractivity contribution in [1.29, 1.82) is 0 Å². The highest BCUT2D eigenvalue weighted by Gasteiger charge is 2.43. The highest BCUT2D eigenvalue weighted by Crippen LogP contribution is 2.34. The molecule has 1 aromatic rings. The molecule has 0 spiro atoms. The predicted molar refractivity (Wildman–Crippen MR) is 93.0 cm³/mol. The van der Waals surface area contributed by atoms with Crippen LogP contribution >= 0.6 is 0 Å². The largest absolute Gasteiger partial charge is 0.394 e. The lowest BCUT2D eigenvalue weighted by Gasteiger charge is -2.38. The Morgan fingerprint density at radius 1 is 1.42 bits per heavy atom. The molecule has 2 heterocycles. The van der Waals surface area contributed by atoms with Gasteiger partial charge in [-0.3, -0.25) is 0 Å². The number of aryl methyl sites for hydroxylation is 2. The number of nitrogens with one attached hydrogen (secondary N) is 1. The molecule has 0 aliphatic carbocycles. The number of amides is 2. The number of carbonyl (C=O) groups is 1. The van der Waals surface area contributed by atoms with Crippen molar-refractivity contribution in [2.75, 3.05) is 19.7 Å². The molecule has 1 saturated heterocycles. The molecular weight excluding hydrogens is 306 g/mol. The number of likely N-dealkylation sites (tertiary alicyclic amines) is 1. The Morgan fingerprint density at radius 3 is 2.67 bits per heavy atom. The maximum absolute atomic E-state index is 12.7. The van der Waals surface area contributed by atoms with Crippen LogP contribution in [0.4, 0.5) is 4.79 Å². The molecule has 2 N–H and O–H groups in total. The highest BCUT2D eigenvalue weighted by atomic mass is 16.5. The first-order chi connectivity index (χ1) is 11.3. The molecule has 2 rings (SSSR count). The molecular formula is C18H31N3O3. The molecule has 0 bridgehead atoms. The second kappa shape index (κ2) is 7.55. The van der Waals surface area contributed by atoms with Crippen LogP contribution in [-0.4, -0.2) is 46.4 Å². The Kier molecular flexibility index (Phi) is 5.91. The molecule has 136 valence electrons. The molecule has 1 aliphatic heterocycles. The van der Waals surface area contributed by atoms with Crippen molar-refractivity contribution in [2.24, 2.45) is 5.92 Å². The zero-order valence-corrected chi connectivity index (χ0v) is 15.6. The van der Waals surface area contributed by atoms with Gasteiger partial charge in [0.05, 0.1) is 17.8 Å². The fraction of sp³-hybridized carbons (Fsp3) is 0.778. The van der Waals surface area contributed by atoms with Crippen molar-refractivity contribution < 1.29 is 14.4 Å². The molecule has 1 aliphatic rings. The van der Waals surface area contributed by atoms with Gasteiger partial charge in [-0.25, -0.2) is 4.79 Å². The monoisotopic (exact) mass is 337 g/mol. The van der Waals surface area contributed by atoms with Gasteiger partial charge in [0.1, 0.15) is 5.76 Å². The Hall–Kier alpha value is -1.56. The van der Waals surface area contributed by atoms with Gasteiger partial charge in [-0.1, -0.05) is 25.9 Å². The third kappa shape index (κ3) is 3.74. The van der Waals surface area contributed by atoms with E-state index in [0.29, 0.717) is 19.0 Å². The Morgan fingerprint density at radius 2 is 2.12 bits per heavy atom. The van der Waals surface area contributed by atoms with Gasteiger partial charge in [0.25, 0.3) is 0 Å². The number of aliphatic hydroxyl groups is 1. The summed E-state index contributed by atoms with van der Waals surface area (Å²) in [6.07, 6.45) is 2.64. The smallest absolute Gasteiger partial charge is 0.317 e. The molecule has 2 amide bonds. The third-order valence-electron chi connectivity index (χ3n) is 5.06. The van der Waals surface area contributed by atoms with Crippen molar-refractivity contribution in [3.05, 3.63) is 17.0 Å². The van der Waals surface area contributed by atoms with Crippen molar-refractivity contribution in [3.63, 3.8) is 0 Å². The van der Waals surface area contributed by atoms with Crippen LogP contribution in [0.2, 0.25) is 0 Å². The Balaban J connectivity index is 2.01. The van der Waals surface area contributed by atoms with Crippen LogP contribution in [0.1, 0.15) is 63.0 Å². The number of aromatic nitrogens is 1. The zero-order valence-electron chi connectivity index (χ0n) is 15.6. The molecule has 6 heteroatoms. The number of hydrogen-bond donors (Lipinski definition) is 2. The van der Waals surface area contributed by atoms with Gasteiger partial charge in [-0.2, -0.15) is 0 Å². The minimum atomic E-state index is -0.412. The standard InChI is InChI=1S/C18H31N3O3/c1-12(2)9-18(11-22)7-6-8-21(18)17(23)19-10-13(3)16-14(4)20-24-15(16)5/h12-13,22H,6-11H2,1-5H3,(H,19,23)/t13-,18-/m1/s1. The second-order valence-corrected chi connectivity index (χ2v) is 7.56. The van der Waals surface area contributed by atoms with Crippen LogP contribution in [0.5, 0.6) is 0 Å². The van der Waals surface area contributed by atoms with Gasteiger partial charge in [0.2, 0.25) is 0 Å². The molecule has 1 aromatic heterocycles. The van der Waals surface area contributed by atoms with Gasteiger partial charge >= 0.3 is 6.03 Å². The van der Waals surface area contributed by atoms with Gasteiger partial charge in [0, 0.05) is 24.6 Å². The van der Waals surface area contributed by atoms with E-state index in [2.05, 4.69) is 31.2 Å². The van der Waals surface area contributed by atoms with E-state index in [1.165, 1.54) is 0 Å². The minimum absolute atomic E-state index is 0.0258. The number of urea groups is 1. The lowest BCUT2D eigenvalue weighted by atomic mass is 9.87. The van der Waals surface area contributed by atoms with Crippen LogP contribution in [0, 0.1) is 19.8 Å². The van der Waals surface area contributed by atoms with Gasteiger partial charge in [-0.05, 0) is 39.0 Å². The van der Waals surface area contributed by atoms with Gasteiger partial charge < -0.3 is 19.8 Å². The van der Waals surface area contributed by atoms with Crippen LogP contribution in [0.25, 0.3) is 0 Å². The van der Waals surface area contributed by atoms with Crippen LogP contribution in [0.15, 0.2) is 4.52 Å². The van der Waals surface area contributed by atoms with E-state index in [1.807, 2.05) is 18.7 Å². The summed E-state index contributed by atoms with van der Waals surface area (Å²) in [5.74, 6) is 1.38. The molecule has 0 unspecified atom stereocenters. The first-order valence-electron chi connectivity index (χ1n) is 8.90. The molecule has 0 aromatic carbocycles. The van der Waals surface area contributed by atoms with Gasteiger partial charge in [0.15, 0.2) is 0 Å². The van der Waals surface area contributed by atoms with Crippen LogP contribution in [0.3, 0.4) is 0 Å². The van der Waals surface area contributed by atoms with E-state index in [-0.39, 0.29) is 18.6 Å². The van der Waals surface area contributed by atoms with Crippen molar-refractivity contribution >= 4 is 6.03 Å². The number of hydrogen-bond acceptors (Lipinski definition) is 4. The van der Waals surface area contributed by atoms with Crippen LogP contribution < -0.4 is 5.32 Å². The fourth-order valence-electron chi connectivity index (χ4n) is 4.09. The highest BCUT2D eigenvalue weighted by molar-refractivity contribution is 5.75. The van der Waals surface area contributed by atoms with E-state index in [9.17, 15) is 9.90 Å². The zero-order chi connectivity index (χ0) is 17.9. The molecule has 24 heavy (non-hydrogen) atoms. The van der Waals surface area contributed by atoms with Crippen LogP contribution in [-0.2, 0) is 0 Å². The average Bonchev–Trinajstić information content (AvgIpc) is 3.08. The first-order valence-corrected chi connectivity index (χ1v) is 8.90. The molecule has 0 radical (unpaired) electrons. The lowest BCUT2D eigenvalue weighted by Crippen LogP contribution is -2.54. The number of carbonyl (C=O) groups excluding carboxylic acids is 1. The molecule has 6 nitrogen and oxygen atoms in total. The summed E-state index contributed by atoms with van der Waals surface area (Å²) in [4.78, 5) is 14.6. The summed E-state index contributed by atoms with van der Waals surface area (Å²) in [6, 6.07) is -0.0826. The topological polar surface area (TPSA) is 78.6 Å². The summed E-state index contributed by atoms with van der Waals surface area (Å²) in [5.41, 5.74) is 1.53. The summed E-state index contributed by atoms with van der Waals surface area (Å²) in [7, 11) is 0.